The third kappa shape index (κ3) is 1.58. The van der Waals surface area contributed by atoms with Gasteiger partial charge in [0.05, 0.1) is 5.52 Å². The van der Waals surface area contributed by atoms with E-state index >= 15 is 0 Å². The minimum absolute atomic E-state index is 0.763. The van der Waals surface area contributed by atoms with E-state index < -0.39 is 0 Å². The van der Waals surface area contributed by atoms with E-state index in [0.29, 0.717) is 0 Å². The number of rotatable bonds is 2. The molecule has 0 saturated heterocycles. The number of hydrogen-bond acceptors (Lipinski definition) is 4. The predicted molar refractivity (Wildman–Crippen MR) is 60.8 cm³/mol. The van der Waals surface area contributed by atoms with Crippen LogP contribution in [0.3, 0.4) is 0 Å². The lowest BCUT2D eigenvalue weighted by Gasteiger charge is -2.05. The molecule has 16 heavy (non-hydrogen) atoms. The zero-order valence-electron chi connectivity index (χ0n) is 8.41. The molecule has 1 aromatic carbocycles. The van der Waals surface area contributed by atoms with E-state index in [0.717, 1.165) is 16.7 Å². The molecule has 2 heterocycles. The summed E-state index contributed by atoms with van der Waals surface area (Å²) in [6.07, 6.45) is 3.16. The van der Waals surface area contributed by atoms with Crippen LogP contribution in [0, 0.1) is 0 Å². The van der Waals surface area contributed by atoms with Crippen molar-refractivity contribution in [3.63, 3.8) is 0 Å². The first-order valence-corrected chi connectivity index (χ1v) is 4.89. The molecule has 1 N–H and O–H groups in total. The van der Waals surface area contributed by atoms with Gasteiger partial charge >= 0.3 is 0 Å². The van der Waals surface area contributed by atoms with Crippen molar-refractivity contribution in [1.82, 2.24) is 19.9 Å². The molecule has 0 radical (unpaired) electrons. The molecular weight excluding hydrogens is 202 g/mol. The van der Waals surface area contributed by atoms with Gasteiger partial charge in [0.1, 0.15) is 18.5 Å². The van der Waals surface area contributed by atoms with E-state index in [4.69, 9.17) is 0 Å². The average molecular weight is 211 g/mol. The third-order valence-corrected chi connectivity index (χ3v) is 2.26. The summed E-state index contributed by atoms with van der Waals surface area (Å²) in [5.74, 6) is 0.763. The molecule has 3 aromatic rings. The Bertz CT molecular complexity index is 603. The van der Waals surface area contributed by atoms with Gasteiger partial charge in [-0.2, -0.15) is 0 Å². The summed E-state index contributed by atoms with van der Waals surface area (Å²) in [4.78, 5) is 4.46. The van der Waals surface area contributed by atoms with Gasteiger partial charge in [0.2, 0.25) is 0 Å². The van der Waals surface area contributed by atoms with Crippen molar-refractivity contribution in [1.29, 1.82) is 0 Å². The molecule has 5 heteroatoms. The van der Waals surface area contributed by atoms with Gasteiger partial charge in [-0.15, -0.1) is 10.2 Å². The van der Waals surface area contributed by atoms with Gasteiger partial charge in [-0.05, 0) is 18.2 Å². The van der Waals surface area contributed by atoms with Crippen LogP contribution in [0.15, 0.2) is 49.1 Å². The van der Waals surface area contributed by atoms with E-state index in [1.807, 2.05) is 36.4 Å². The molecule has 0 aliphatic carbocycles. The number of benzene rings is 1. The Balaban J connectivity index is 1.99. The molecule has 78 valence electrons. The van der Waals surface area contributed by atoms with Crippen molar-refractivity contribution in [2.75, 3.05) is 5.43 Å². The van der Waals surface area contributed by atoms with E-state index in [1.54, 1.807) is 17.3 Å². The summed E-state index contributed by atoms with van der Waals surface area (Å²) in [6.45, 7) is 0. The van der Waals surface area contributed by atoms with Crippen molar-refractivity contribution >= 4 is 16.7 Å². The summed E-state index contributed by atoms with van der Waals surface area (Å²) >= 11 is 0. The number of hydrogen-bond donors (Lipinski definition) is 1. The first-order valence-electron chi connectivity index (χ1n) is 4.89. The predicted octanol–water partition coefficient (Wildman–Crippen LogP) is 1.70. The Kier molecular flexibility index (Phi) is 2.00. The summed E-state index contributed by atoms with van der Waals surface area (Å²) in [6, 6.07) is 11.9. The minimum Gasteiger partial charge on any atom is -0.275 e. The van der Waals surface area contributed by atoms with Gasteiger partial charge in [0.25, 0.3) is 0 Å². The fourth-order valence-corrected chi connectivity index (χ4v) is 1.52. The van der Waals surface area contributed by atoms with E-state index in [-0.39, 0.29) is 0 Å². The maximum Gasteiger partial charge on any atom is 0.145 e. The van der Waals surface area contributed by atoms with Crippen LogP contribution in [-0.2, 0) is 0 Å². The zero-order chi connectivity index (χ0) is 10.8. The molecule has 0 unspecified atom stereocenters. The lowest BCUT2D eigenvalue weighted by molar-refractivity contribution is 0.939. The summed E-state index contributed by atoms with van der Waals surface area (Å²) < 4.78 is 1.65. The molecule has 0 saturated carbocycles. The Labute approximate surface area is 91.7 Å². The third-order valence-electron chi connectivity index (χ3n) is 2.26. The molecular formula is C11H9N5. The second-order valence-corrected chi connectivity index (χ2v) is 3.37. The van der Waals surface area contributed by atoms with Gasteiger partial charge in [0.15, 0.2) is 0 Å². The topological polar surface area (TPSA) is 55.6 Å². The average Bonchev–Trinajstić information content (AvgIpc) is 2.82. The summed E-state index contributed by atoms with van der Waals surface area (Å²) in [5.41, 5.74) is 4.02. The van der Waals surface area contributed by atoms with Crippen LogP contribution >= 0.6 is 0 Å². The first kappa shape index (κ1) is 8.84. The highest BCUT2D eigenvalue weighted by Crippen LogP contribution is 2.14. The Morgan fingerprint density at radius 1 is 0.938 bits per heavy atom. The number of nitrogens with zero attached hydrogens (tertiary/aromatic N) is 4. The van der Waals surface area contributed by atoms with Gasteiger partial charge in [0, 0.05) is 5.39 Å². The van der Waals surface area contributed by atoms with Gasteiger partial charge in [-0.25, -0.2) is 9.66 Å². The SMILES string of the molecule is c1ccc2nc(Nn3cnnc3)ccc2c1. The van der Waals surface area contributed by atoms with Gasteiger partial charge in [-0.3, -0.25) is 5.43 Å². The highest BCUT2D eigenvalue weighted by Gasteiger charge is 1.97. The summed E-state index contributed by atoms with van der Waals surface area (Å²) in [5, 5.41) is 8.53. The van der Waals surface area contributed by atoms with Crippen molar-refractivity contribution in [2.45, 2.75) is 0 Å². The lowest BCUT2D eigenvalue weighted by atomic mass is 10.2. The van der Waals surface area contributed by atoms with Crippen LogP contribution in [0.2, 0.25) is 0 Å². The van der Waals surface area contributed by atoms with E-state index in [9.17, 15) is 0 Å². The quantitative estimate of drug-likeness (QED) is 0.701. The van der Waals surface area contributed by atoms with Crippen molar-refractivity contribution in [3.8, 4) is 0 Å². The monoisotopic (exact) mass is 211 g/mol. The molecule has 0 fully saturated rings. The second-order valence-electron chi connectivity index (χ2n) is 3.37. The van der Waals surface area contributed by atoms with Crippen molar-refractivity contribution in [3.05, 3.63) is 49.1 Å². The Hall–Kier alpha value is -2.43. The molecule has 0 atom stereocenters. The number of fused-ring (bicyclic) bond motifs is 1. The van der Waals surface area contributed by atoms with Gasteiger partial charge in [-0.1, -0.05) is 18.2 Å². The number of nitrogens with one attached hydrogen (secondary N) is 1. The Morgan fingerprint density at radius 3 is 2.62 bits per heavy atom. The largest absolute Gasteiger partial charge is 0.275 e. The van der Waals surface area contributed by atoms with Crippen molar-refractivity contribution < 1.29 is 0 Å². The zero-order valence-corrected chi connectivity index (χ0v) is 8.41. The highest BCUT2D eigenvalue weighted by atomic mass is 15.5. The highest BCUT2D eigenvalue weighted by molar-refractivity contribution is 5.79. The van der Waals surface area contributed by atoms with E-state index in [2.05, 4.69) is 20.6 Å². The number of aromatic nitrogens is 4. The van der Waals surface area contributed by atoms with Crippen LogP contribution in [0.5, 0.6) is 0 Å². The molecule has 0 aliphatic heterocycles. The molecule has 0 aliphatic rings. The molecule has 5 nitrogen and oxygen atoms in total. The van der Waals surface area contributed by atoms with Crippen LogP contribution < -0.4 is 5.43 Å². The van der Waals surface area contributed by atoms with Gasteiger partial charge < -0.3 is 0 Å². The standard InChI is InChI=1S/C11H9N5/c1-2-4-10-9(3-1)5-6-11(14-10)15-16-7-12-13-8-16/h1-8H,(H,14,15). The molecule has 0 amide bonds. The fourth-order valence-electron chi connectivity index (χ4n) is 1.52. The first-order chi connectivity index (χ1) is 7.92. The maximum atomic E-state index is 4.46. The van der Waals surface area contributed by atoms with Crippen LogP contribution in [-0.4, -0.2) is 19.9 Å². The molecule has 2 aromatic heterocycles. The Morgan fingerprint density at radius 2 is 1.75 bits per heavy atom. The normalized spacial score (nSPS) is 10.5. The number of para-hydroxylation sites is 1. The smallest absolute Gasteiger partial charge is 0.145 e. The maximum absolute atomic E-state index is 4.46. The number of anilines is 1. The van der Waals surface area contributed by atoms with Crippen LogP contribution in [0.1, 0.15) is 0 Å². The molecule has 3 rings (SSSR count). The van der Waals surface area contributed by atoms with Crippen LogP contribution in [0.4, 0.5) is 5.82 Å². The summed E-state index contributed by atoms with van der Waals surface area (Å²) in [7, 11) is 0. The lowest BCUT2D eigenvalue weighted by Crippen LogP contribution is -2.07. The van der Waals surface area contributed by atoms with E-state index in [1.165, 1.54) is 0 Å². The number of pyridine rings is 1. The second kappa shape index (κ2) is 3.62. The molecule has 0 bridgehead atoms. The minimum atomic E-state index is 0.763. The van der Waals surface area contributed by atoms with Crippen molar-refractivity contribution in [2.24, 2.45) is 0 Å². The van der Waals surface area contributed by atoms with Crippen LogP contribution in [0.25, 0.3) is 10.9 Å². The molecule has 0 spiro atoms. The fraction of sp³-hybridized carbons (Fsp3) is 0.